The third-order valence-electron chi connectivity index (χ3n) is 7.06. The molecule has 0 unspecified atom stereocenters. The summed E-state index contributed by atoms with van der Waals surface area (Å²) < 4.78 is 0. The van der Waals surface area contributed by atoms with Gasteiger partial charge in [0.1, 0.15) is 24.2 Å². The molecule has 5 atom stereocenters. The first-order chi connectivity index (χ1) is 19.1. The molecule has 0 bridgehead atoms. The quantitative estimate of drug-likeness (QED) is 0.234. The molecule has 0 saturated heterocycles. The highest BCUT2D eigenvalue weighted by Gasteiger charge is 2.36. The largest absolute Gasteiger partial charge is 0.480 e. The minimum Gasteiger partial charge on any atom is -0.480 e. The molecule has 4 amide bonds. The van der Waals surface area contributed by atoms with Gasteiger partial charge in [0.2, 0.25) is 23.6 Å². The number of nitrogens with one attached hydrogen (secondary N) is 3. The normalized spacial score (nSPS) is 14.9. The summed E-state index contributed by atoms with van der Waals surface area (Å²) in [4.78, 5) is 67.3. The Morgan fingerprint density at radius 1 is 0.732 bits per heavy atom. The summed E-state index contributed by atoms with van der Waals surface area (Å²) in [6.07, 6.45) is 0.826. The van der Waals surface area contributed by atoms with E-state index in [1.54, 1.807) is 38.2 Å². The lowest BCUT2D eigenvalue weighted by molar-refractivity contribution is -0.150. The Labute approximate surface area is 244 Å². The van der Waals surface area contributed by atoms with E-state index < -0.39 is 53.9 Å². The van der Waals surface area contributed by atoms with Crippen molar-refractivity contribution in [3.8, 4) is 0 Å². The van der Waals surface area contributed by atoms with E-state index in [1.807, 2.05) is 33.8 Å². The van der Waals surface area contributed by atoms with Crippen molar-refractivity contribution in [2.24, 2.45) is 11.8 Å². The van der Waals surface area contributed by atoms with Crippen LogP contribution in [0.3, 0.4) is 0 Å². The van der Waals surface area contributed by atoms with E-state index in [-0.39, 0.29) is 24.2 Å². The molecule has 0 aliphatic carbocycles. The predicted molar refractivity (Wildman–Crippen MR) is 158 cm³/mol. The van der Waals surface area contributed by atoms with Crippen LogP contribution in [0.5, 0.6) is 0 Å². The topological polar surface area (TPSA) is 148 Å². The van der Waals surface area contributed by atoms with Crippen LogP contribution >= 0.6 is 0 Å². The SMILES string of the molecule is CN[C@@H](C)C(=O)N[C@@H](CC(C)C)C(=O)N(C)[C@@H](CC(C)C)C(=O)N[C@@H](C)C(=O)N(C)[C@@H](Cc1ccccc1)C(=O)O. The van der Waals surface area contributed by atoms with E-state index in [1.165, 1.54) is 25.9 Å². The Morgan fingerprint density at radius 2 is 1.27 bits per heavy atom. The van der Waals surface area contributed by atoms with Gasteiger partial charge in [-0.1, -0.05) is 58.0 Å². The summed E-state index contributed by atoms with van der Waals surface area (Å²) >= 11 is 0. The van der Waals surface area contributed by atoms with Crippen LogP contribution < -0.4 is 16.0 Å². The molecule has 0 aliphatic rings. The maximum absolute atomic E-state index is 13.6. The van der Waals surface area contributed by atoms with Gasteiger partial charge in [-0.05, 0) is 51.1 Å². The Hall–Kier alpha value is -3.47. The average Bonchev–Trinajstić information content (AvgIpc) is 2.91. The fourth-order valence-corrected chi connectivity index (χ4v) is 4.47. The maximum atomic E-state index is 13.6. The third kappa shape index (κ3) is 11.1. The summed E-state index contributed by atoms with van der Waals surface area (Å²) in [5, 5.41) is 18.2. The van der Waals surface area contributed by atoms with Crippen molar-refractivity contribution in [2.75, 3.05) is 21.1 Å². The highest BCUT2D eigenvalue weighted by atomic mass is 16.4. The molecule has 0 radical (unpaired) electrons. The van der Waals surface area contributed by atoms with Crippen LogP contribution in [0.4, 0.5) is 0 Å². The van der Waals surface area contributed by atoms with Crippen molar-refractivity contribution in [3.63, 3.8) is 0 Å². The lowest BCUT2D eigenvalue weighted by atomic mass is 9.98. The molecule has 0 aromatic heterocycles. The van der Waals surface area contributed by atoms with E-state index in [0.29, 0.717) is 12.8 Å². The van der Waals surface area contributed by atoms with Gasteiger partial charge in [0.15, 0.2) is 0 Å². The third-order valence-corrected chi connectivity index (χ3v) is 7.06. The highest BCUT2D eigenvalue weighted by Crippen LogP contribution is 2.16. The van der Waals surface area contributed by atoms with Crippen molar-refractivity contribution in [2.45, 2.75) is 91.0 Å². The predicted octanol–water partition coefficient (Wildman–Crippen LogP) is 1.66. The van der Waals surface area contributed by atoms with Crippen molar-refractivity contribution < 1.29 is 29.1 Å². The Morgan fingerprint density at radius 3 is 1.76 bits per heavy atom. The number of amides is 4. The fraction of sp³-hybridized carbons (Fsp3) is 0.633. The number of aliphatic carboxylic acids is 1. The van der Waals surface area contributed by atoms with Gasteiger partial charge < -0.3 is 30.9 Å². The number of hydrogen-bond donors (Lipinski definition) is 4. The maximum Gasteiger partial charge on any atom is 0.326 e. The van der Waals surface area contributed by atoms with Crippen LogP contribution in [-0.2, 0) is 30.4 Å². The molecule has 1 aromatic rings. The van der Waals surface area contributed by atoms with Crippen LogP contribution in [0, 0.1) is 11.8 Å². The summed E-state index contributed by atoms with van der Waals surface area (Å²) in [5.74, 6) is -2.83. The smallest absolute Gasteiger partial charge is 0.326 e. The molecule has 11 heteroatoms. The molecule has 0 fully saturated rings. The van der Waals surface area contributed by atoms with Crippen molar-refractivity contribution in [3.05, 3.63) is 35.9 Å². The van der Waals surface area contributed by atoms with Gasteiger partial charge in [0.05, 0.1) is 6.04 Å². The zero-order valence-corrected chi connectivity index (χ0v) is 25.9. The molecule has 11 nitrogen and oxygen atoms in total. The monoisotopic (exact) mass is 575 g/mol. The van der Waals surface area contributed by atoms with Crippen molar-refractivity contribution in [1.82, 2.24) is 25.8 Å². The first-order valence-electron chi connectivity index (χ1n) is 14.2. The molecule has 41 heavy (non-hydrogen) atoms. The van der Waals surface area contributed by atoms with Gasteiger partial charge in [0, 0.05) is 20.5 Å². The van der Waals surface area contributed by atoms with Gasteiger partial charge in [-0.15, -0.1) is 0 Å². The first kappa shape index (κ1) is 35.6. The molecule has 0 saturated carbocycles. The summed E-state index contributed by atoms with van der Waals surface area (Å²) in [6, 6.07) is 4.59. The summed E-state index contributed by atoms with van der Waals surface area (Å²) in [5.41, 5.74) is 0.764. The average molecular weight is 576 g/mol. The number of benzene rings is 1. The number of carbonyl (C=O) groups excluding carboxylic acids is 4. The lowest BCUT2D eigenvalue weighted by Gasteiger charge is -2.34. The van der Waals surface area contributed by atoms with Crippen LogP contribution in [0.25, 0.3) is 0 Å². The van der Waals surface area contributed by atoms with Crippen molar-refractivity contribution in [1.29, 1.82) is 0 Å². The fourth-order valence-electron chi connectivity index (χ4n) is 4.47. The minimum absolute atomic E-state index is 0.0411. The molecule has 4 N–H and O–H groups in total. The van der Waals surface area contributed by atoms with E-state index in [9.17, 15) is 29.1 Å². The number of carboxylic acids is 1. The molecular weight excluding hydrogens is 526 g/mol. The molecule has 0 aliphatic heterocycles. The molecule has 1 aromatic carbocycles. The molecule has 230 valence electrons. The molecule has 1 rings (SSSR count). The van der Waals surface area contributed by atoms with Gasteiger partial charge in [-0.25, -0.2) is 4.79 Å². The highest BCUT2D eigenvalue weighted by molar-refractivity contribution is 5.95. The van der Waals surface area contributed by atoms with E-state index in [4.69, 9.17) is 0 Å². The van der Waals surface area contributed by atoms with Crippen molar-refractivity contribution >= 4 is 29.6 Å². The van der Waals surface area contributed by atoms with Gasteiger partial charge in [-0.2, -0.15) is 0 Å². The number of likely N-dealkylation sites (N-methyl/N-ethyl adjacent to an activating group) is 3. The van der Waals surface area contributed by atoms with Gasteiger partial charge >= 0.3 is 5.97 Å². The zero-order chi connectivity index (χ0) is 31.4. The van der Waals surface area contributed by atoms with E-state index >= 15 is 0 Å². The second-order valence-corrected chi connectivity index (χ2v) is 11.5. The molecule has 0 spiro atoms. The van der Waals surface area contributed by atoms with Gasteiger partial charge in [0.25, 0.3) is 0 Å². The second-order valence-electron chi connectivity index (χ2n) is 11.5. The number of hydrogen-bond acceptors (Lipinski definition) is 6. The summed E-state index contributed by atoms with van der Waals surface area (Å²) in [6.45, 7) is 10.9. The number of carboxylic acid groups (broad SMARTS) is 1. The van der Waals surface area contributed by atoms with E-state index in [0.717, 1.165) is 10.5 Å². The number of rotatable bonds is 16. The Bertz CT molecular complexity index is 1030. The van der Waals surface area contributed by atoms with Crippen LogP contribution in [0.1, 0.15) is 59.9 Å². The Kier molecular flexibility index (Phi) is 14.5. The lowest BCUT2D eigenvalue weighted by Crippen LogP contribution is -2.58. The Balaban J connectivity index is 3.10. The van der Waals surface area contributed by atoms with E-state index in [2.05, 4.69) is 16.0 Å². The van der Waals surface area contributed by atoms with Crippen LogP contribution in [-0.4, -0.2) is 95.9 Å². The zero-order valence-electron chi connectivity index (χ0n) is 25.9. The second kappa shape index (κ2) is 16.7. The van der Waals surface area contributed by atoms with Crippen LogP contribution in [0.15, 0.2) is 30.3 Å². The first-order valence-corrected chi connectivity index (χ1v) is 14.2. The summed E-state index contributed by atoms with van der Waals surface area (Å²) in [7, 11) is 4.58. The number of nitrogens with zero attached hydrogens (tertiary/aromatic N) is 2. The van der Waals surface area contributed by atoms with Gasteiger partial charge in [-0.3, -0.25) is 19.2 Å². The van der Waals surface area contributed by atoms with Crippen LogP contribution in [0.2, 0.25) is 0 Å². The molecular formula is C30H49N5O6. The molecule has 0 heterocycles. The number of carbonyl (C=O) groups is 5. The standard InChI is InChI=1S/C30H49N5O6/c1-18(2)15-23(33-26(36)20(5)31-7)29(39)34(8)24(16-19(3)4)27(37)32-21(6)28(38)35(9)25(30(40)41)17-22-13-11-10-12-14-22/h10-14,18-21,23-25,31H,15-17H2,1-9H3,(H,32,37)(H,33,36)(H,40,41)/t20-,21-,23-,24-,25-/m0/s1. The minimum atomic E-state index is -1.16.